The third kappa shape index (κ3) is 2.72. The van der Waals surface area contributed by atoms with Crippen molar-refractivity contribution in [3.8, 4) is 17.4 Å². The van der Waals surface area contributed by atoms with Crippen LogP contribution in [0.15, 0.2) is 128 Å². The predicted octanol–water partition coefficient (Wildman–Crippen LogP) is 10.0. The molecule has 0 atom stereocenters. The zero-order valence-corrected chi connectivity index (χ0v) is 24.4. The Balaban J connectivity index is 1.30. The van der Waals surface area contributed by atoms with Gasteiger partial charge in [0, 0.05) is 50.1 Å². The molecular weight excluding hydrogens is 562 g/mol. The first kappa shape index (κ1) is 23.9. The number of nitriles is 1. The number of pyridine rings is 2. The van der Waals surface area contributed by atoms with Crippen molar-refractivity contribution in [1.29, 1.82) is 5.26 Å². The van der Waals surface area contributed by atoms with Crippen LogP contribution in [0.1, 0.15) is 5.56 Å². The minimum absolute atomic E-state index is 0.610. The molecule has 7 aromatic carbocycles. The average Bonchev–Trinajstić information content (AvgIpc) is 3.64. The lowest BCUT2D eigenvalue weighted by Gasteiger charge is -2.15. The summed E-state index contributed by atoms with van der Waals surface area (Å²) in [6.45, 7) is 0. The molecule has 0 amide bonds. The smallest absolute Gasteiger partial charge is 0.104 e. The fourth-order valence-corrected chi connectivity index (χ4v) is 8.28. The Morgan fingerprint density at radius 3 is 1.67 bits per heavy atom. The van der Waals surface area contributed by atoms with Gasteiger partial charge in [-0.1, -0.05) is 72.8 Å². The fraction of sp³-hybridized carbons (Fsp3) is 0. The van der Waals surface area contributed by atoms with E-state index in [1.54, 1.807) is 0 Å². The van der Waals surface area contributed by atoms with Gasteiger partial charge in [0.25, 0.3) is 0 Å². The molecule has 0 aliphatic rings. The maximum Gasteiger partial charge on any atom is 0.104 e. The molecule has 0 saturated carbocycles. The normalized spacial score (nSPS) is 12.3. The van der Waals surface area contributed by atoms with E-state index in [9.17, 15) is 5.26 Å². The largest absolute Gasteiger partial charge is 0.308 e. The van der Waals surface area contributed by atoms with Crippen molar-refractivity contribution in [3.05, 3.63) is 133 Å². The summed E-state index contributed by atoms with van der Waals surface area (Å²) in [5.41, 5.74) is 7.49. The van der Waals surface area contributed by atoms with Gasteiger partial charge in [-0.3, -0.25) is 9.97 Å². The van der Waals surface area contributed by atoms with Crippen LogP contribution in [0.25, 0.3) is 98.2 Å². The predicted molar refractivity (Wildman–Crippen MR) is 188 cm³/mol. The molecule has 0 aliphatic heterocycles. The van der Waals surface area contributed by atoms with Crippen LogP contribution in [0.3, 0.4) is 0 Å². The first-order valence-corrected chi connectivity index (χ1v) is 15.4. The van der Waals surface area contributed by atoms with Crippen molar-refractivity contribution >= 4 is 86.8 Å². The Kier molecular flexibility index (Phi) is 4.34. The van der Waals surface area contributed by atoms with Gasteiger partial charge in [0.05, 0.1) is 45.2 Å². The Hall–Kier alpha value is -6.51. The summed E-state index contributed by atoms with van der Waals surface area (Å²) >= 11 is 0. The molecule has 11 aromatic rings. The lowest BCUT2D eigenvalue weighted by molar-refractivity contribution is 1.11. The van der Waals surface area contributed by atoms with E-state index in [-0.39, 0.29) is 0 Å². The number of benzene rings is 7. The van der Waals surface area contributed by atoms with Gasteiger partial charge in [0.15, 0.2) is 0 Å². The first-order valence-electron chi connectivity index (χ1n) is 15.4. The van der Waals surface area contributed by atoms with Crippen LogP contribution >= 0.6 is 0 Å². The maximum absolute atomic E-state index is 11.0. The second kappa shape index (κ2) is 8.35. The average molecular weight is 584 g/mol. The summed E-state index contributed by atoms with van der Waals surface area (Å²) in [6.07, 6.45) is 5.78. The number of hydrogen-bond acceptors (Lipinski definition) is 3. The zero-order chi connectivity index (χ0) is 30.1. The monoisotopic (exact) mass is 583 g/mol. The Bertz CT molecular complexity index is 2720. The maximum atomic E-state index is 11.0. The first-order chi connectivity index (χ1) is 22.8. The summed E-state index contributed by atoms with van der Waals surface area (Å²) in [5.74, 6) is 0. The SMILES string of the molecule is N#Cc1c(-n2c3cccc4c5ccccc5c5cncc2c5c43)cccc1-n1c2cccc3c4cccnc4c4cccc1c4c32. The third-order valence-electron chi connectivity index (χ3n) is 9.99. The van der Waals surface area contributed by atoms with Crippen molar-refractivity contribution in [2.75, 3.05) is 0 Å². The number of rotatable bonds is 2. The van der Waals surface area contributed by atoms with E-state index < -0.39 is 0 Å². The van der Waals surface area contributed by atoms with Gasteiger partial charge >= 0.3 is 0 Å². The van der Waals surface area contributed by atoms with Gasteiger partial charge in [0.2, 0.25) is 0 Å². The molecule has 0 saturated heterocycles. The van der Waals surface area contributed by atoms with Gasteiger partial charge in [-0.2, -0.15) is 5.26 Å². The molecule has 0 aliphatic carbocycles. The van der Waals surface area contributed by atoms with Gasteiger partial charge in [0.1, 0.15) is 11.6 Å². The summed E-state index contributed by atoms with van der Waals surface area (Å²) in [7, 11) is 0. The van der Waals surface area contributed by atoms with Crippen LogP contribution in [-0.4, -0.2) is 19.1 Å². The molecule has 46 heavy (non-hydrogen) atoms. The molecule has 0 fully saturated rings. The molecule has 0 radical (unpaired) electrons. The Labute approximate surface area is 261 Å². The van der Waals surface area contributed by atoms with Crippen molar-refractivity contribution in [1.82, 2.24) is 19.1 Å². The minimum Gasteiger partial charge on any atom is -0.308 e. The van der Waals surface area contributed by atoms with Crippen LogP contribution < -0.4 is 0 Å². The number of nitrogens with zero attached hydrogens (tertiary/aromatic N) is 5. The quantitative estimate of drug-likeness (QED) is 0.190. The van der Waals surface area contributed by atoms with Crippen LogP contribution in [0, 0.1) is 11.3 Å². The van der Waals surface area contributed by atoms with E-state index in [2.05, 4.69) is 118 Å². The Morgan fingerprint density at radius 1 is 0.457 bits per heavy atom. The van der Waals surface area contributed by atoms with E-state index in [0.29, 0.717) is 5.56 Å². The highest BCUT2D eigenvalue weighted by molar-refractivity contribution is 6.35. The highest BCUT2D eigenvalue weighted by Gasteiger charge is 2.25. The van der Waals surface area contributed by atoms with Gasteiger partial charge in [-0.25, -0.2) is 0 Å². The molecule has 4 aromatic heterocycles. The summed E-state index contributed by atoms with van der Waals surface area (Å²) < 4.78 is 4.50. The molecule has 0 spiro atoms. The van der Waals surface area contributed by atoms with Gasteiger partial charge < -0.3 is 9.13 Å². The molecule has 11 rings (SSSR count). The summed E-state index contributed by atoms with van der Waals surface area (Å²) in [6, 6.07) is 40.9. The molecule has 0 bridgehead atoms. The fourth-order valence-electron chi connectivity index (χ4n) is 8.28. The zero-order valence-electron chi connectivity index (χ0n) is 24.4. The molecular formula is C41H21N5. The van der Waals surface area contributed by atoms with E-state index >= 15 is 0 Å². The molecule has 4 heterocycles. The van der Waals surface area contributed by atoms with Gasteiger partial charge in [-0.05, 0) is 57.9 Å². The van der Waals surface area contributed by atoms with Crippen LogP contribution in [0.2, 0.25) is 0 Å². The highest BCUT2D eigenvalue weighted by Crippen LogP contribution is 2.46. The number of aromatic nitrogens is 4. The third-order valence-corrected chi connectivity index (χ3v) is 9.99. The van der Waals surface area contributed by atoms with Crippen LogP contribution in [0.4, 0.5) is 0 Å². The van der Waals surface area contributed by atoms with Crippen molar-refractivity contribution in [3.63, 3.8) is 0 Å². The van der Waals surface area contributed by atoms with Crippen molar-refractivity contribution in [2.24, 2.45) is 0 Å². The molecule has 0 N–H and O–H groups in total. The number of fused-ring (bicyclic) bond motifs is 6. The van der Waals surface area contributed by atoms with Gasteiger partial charge in [-0.15, -0.1) is 0 Å². The lowest BCUT2D eigenvalue weighted by atomic mass is 9.96. The lowest BCUT2D eigenvalue weighted by Crippen LogP contribution is -2.04. The molecule has 0 unspecified atom stereocenters. The van der Waals surface area contributed by atoms with Crippen LogP contribution in [-0.2, 0) is 0 Å². The van der Waals surface area contributed by atoms with Crippen molar-refractivity contribution < 1.29 is 0 Å². The summed E-state index contributed by atoms with van der Waals surface area (Å²) in [5, 5.41) is 23.9. The van der Waals surface area contributed by atoms with Crippen molar-refractivity contribution in [2.45, 2.75) is 0 Å². The molecule has 210 valence electrons. The molecule has 5 nitrogen and oxygen atoms in total. The number of hydrogen-bond donors (Lipinski definition) is 0. The highest BCUT2D eigenvalue weighted by atomic mass is 15.0. The van der Waals surface area contributed by atoms with E-state index in [4.69, 9.17) is 9.97 Å². The molecule has 5 heteroatoms. The second-order valence-corrected chi connectivity index (χ2v) is 12.1. The van der Waals surface area contributed by atoms with E-state index in [1.165, 1.54) is 43.1 Å². The second-order valence-electron chi connectivity index (χ2n) is 12.1. The summed E-state index contributed by atoms with van der Waals surface area (Å²) in [4.78, 5) is 9.55. The van der Waals surface area contributed by atoms with E-state index in [0.717, 1.165) is 55.1 Å². The topological polar surface area (TPSA) is 59.4 Å². The minimum atomic E-state index is 0.610. The van der Waals surface area contributed by atoms with Crippen LogP contribution in [0.5, 0.6) is 0 Å². The van der Waals surface area contributed by atoms with E-state index in [1.807, 2.05) is 24.7 Å². The Morgan fingerprint density at radius 2 is 0.978 bits per heavy atom. The standard InChI is InChI=1S/C41H21N5/c42-20-29-31(45-33-16-4-11-26-27-13-7-19-44-41(27)28-12-5-18-35(45)39(28)38(26)33)14-6-15-32(29)46-34-17-3-10-25-23-8-1-2-9-24(23)30-21-43-22-36(46)40(30)37(25)34/h1-19,21-22H.